The second-order valence-electron chi connectivity index (χ2n) is 6.06. The molecule has 0 heterocycles. The fourth-order valence-corrected chi connectivity index (χ4v) is 2.67. The van der Waals surface area contributed by atoms with Crippen LogP contribution in [0.25, 0.3) is 0 Å². The highest BCUT2D eigenvalue weighted by molar-refractivity contribution is 5.97. The number of hydrogen-bond acceptors (Lipinski definition) is 4. The van der Waals surface area contributed by atoms with E-state index >= 15 is 0 Å². The van der Waals surface area contributed by atoms with E-state index in [2.05, 4.69) is 5.32 Å². The third kappa shape index (κ3) is 4.63. The zero-order chi connectivity index (χ0) is 19.1. The summed E-state index contributed by atoms with van der Waals surface area (Å²) in [6, 6.07) is 13.1. The van der Waals surface area contributed by atoms with Crippen molar-refractivity contribution in [1.29, 1.82) is 0 Å². The summed E-state index contributed by atoms with van der Waals surface area (Å²) < 4.78 is 5.24. The standard InChI is InChI=1S/C21H26N2O3/c1-5-23(6-2)20(24)14-26-21(25)17-11-7-8-12-19(17)22-18-13-9-10-15(3)16(18)4/h7-13,22H,5-6,14H2,1-4H3. The molecule has 0 aromatic heterocycles. The molecule has 26 heavy (non-hydrogen) atoms. The van der Waals surface area contributed by atoms with E-state index in [1.54, 1.807) is 17.0 Å². The first-order valence-corrected chi connectivity index (χ1v) is 8.85. The van der Waals surface area contributed by atoms with Crippen molar-refractivity contribution in [2.24, 2.45) is 0 Å². The highest BCUT2D eigenvalue weighted by atomic mass is 16.5. The molecule has 2 aromatic carbocycles. The monoisotopic (exact) mass is 354 g/mol. The van der Waals surface area contributed by atoms with Gasteiger partial charge in [-0.3, -0.25) is 4.79 Å². The Morgan fingerprint density at radius 2 is 1.62 bits per heavy atom. The molecule has 1 N–H and O–H groups in total. The van der Waals surface area contributed by atoms with E-state index in [-0.39, 0.29) is 12.5 Å². The molecule has 0 spiro atoms. The summed E-state index contributed by atoms with van der Waals surface area (Å²) in [6.07, 6.45) is 0. The lowest BCUT2D eigenvalue weighted by atomic mass is 10.1. The summed E-state index contributed by atoms with van der Waals surface area (Å²) in [6.45, 7) is 8.80. The minimum absolute atomic E-state index is 0.191. The number of likely N-dealkylation sites (N-methyl/N-ethyl adjacent to an activating group) is 1. The van der Waals surface area contributed by atoms with Gasteiger partial charge < -0.3 is 15.0 Å². The number of para-hydroxylation sites is 1. The molecule has 0 radical (unpaired) electrons. The van der Waals surface area contributed by atoms with Gasteiger partial charge in [0.2, 0.25) is 0 Å². The molecular weight excluding hydrogens is 328 g/mol. The van der Waals surface area contributed by atoms with Crippen molar-refractivity contribution in [1.82, 2.24) is 4.90 Å². The summed E-state index contributed by atoms with van der Waals surface area (Å²) in [5, 5.41) is 3.30. The lowest BCUT2D eigenvalue weighted by Gasteiger charge is -2.18. The van der Waals surface area contributed by atoms with E-state index in [1.165, 1.54) is 5.56 Å². The fraction of sp³-hybridized carbons (Fsp3) is 0.333. The molecule has 0 saturated carbocycles. The zero-order valence-corrected chi connectivity index (χ0v) is 15.8. The predicted molar refractivity (Wildman–Crippen MR) is 104 cm³/mol. The first-order chi connectivity index (χ1) is 12.5. The Bertz CT molecular complexity index is 783. The van der Waals surface area contributed by atoms with Gasteiger partial charge in [-0.2, -0.15) is 0 Å². The summed E-state index contributed by atoms with van der Waals surface area (Å²) in [7, 11) is 0. The van der Waals surface area contributed by atoms with E-state index in [4.69, 9.17) is 4.74 Å². The number of benzene rings is 2. The Balaban J connectivity index is 2.14. The van der Waals surface area contributed by atoms with Gasteiger partial charge in [0.1, 0.15) is 0 Å². The third-order valence-electron chi connectivity index (χ3n) is 4.46. The maximum atomic E-state index is 12.5. The molecule has 138 valence electrons. The average Bonchev–Trinajstić information content (AvgIpc) is 2.65. The van der Waals surface area contributed by atoms with Crippen LogP contribution in [0.2, 0.25) is 0 Å². The summed E-state index contributed by atoms with van der Waals surface area (Å²) in [4.78, 5) is 26.1. The molecule has 1 amide bonds. The van der Waals surface area contributed by atoms with E-state index in [0.717, 1.165) is 11.3 Å². The van der Waals surface area contributed by atoms with Gasteiger partial charge in [0.15, 0.2) is 6.61 Å². The fourth-order valence-electron chi connectivity index (χ4n) is 2.67. The van der Waals surface area contributed by atoms with Gasteiger partial charge in [0.05, 0.1) is 11.3 Å². The van der Waals surface area contributed by atoms with Crippen LogP contribution in [-0.2, 0) is 9.53 Å². The normalized spacial score (nSPS) is 10.3. The molecule has 0 aliphatic carbocycles. The molecule has 0 aliphatic rings. The maximum Gasteiger partial charge on any atom is 0.340 e. The lowest BCUT2D eigenvalue weighted by molar-refractivity contribution is -0.134. The van der Waals surface area contributed by atoms with E-state index in [1.807, 2.05) is 58.0 Å². The molecule has 5 nitrogen and oxygen atoms in total. The summed E-state index contributed by atoms with van der Waals surface area (Å²) >= 11 is 0. The van der Waals surface area contributed by atoms with Crippen LogP contribution in [0, 0.1) is 13.8 Å². The number of anilines is 2. The van der Waals surface area contributed by atoms with Gasteiger partial charge in [-0.25, -0.2) is 4.79 Å². The number of carbonyl (C=O) groups excluding carboxylic acids is 2. The van der Waals surface area contributed by atoms with E-state index < -0.39 is 5.97 Å². The van der Waals surface area contributed by atoms with Crippen molar-refractivity contribution in [3.05, 3.63) is 59.2 Å². The first kappa shape index (κ1) is 19.5. The quantitative estimate of drug-likeness (QED) is 0.762. The van der Waals surface area contributed by atoms with Gasteiger partial charge in [0, 0.05) is 18.8 Å². The minimum Gasteiger partial charge on any atom is -0.452 e. The van der Waals surface area contributed by atoms with Crippen LogP contribution in [0.3, 0.4) is 0 Å². The number of amides is 1. The molecule has 0 fully saturated rings. The third-order valence-corrected chi connectivity index (χ3v) is 4.46. The second-order valence-corrected chi connectivity index (χ2v) is 6.06. The number of aryl methyl sites for hydroxylation is 1. The Labute approximate surface area is 155 Å². The van der Waals surface area contributed by atoms with E-state index in [9.17, 15) is 9.59 Å². The van der Waals surface area contributed by atoms with Crippen LogP contribution in [0.4, 0.5) is 11.4 Å². The van der Waals surface area contributed by atoms with Gasteiger partial charge in [-0.1, -0.05) is 24.3 Å². The average molecular weight is 354 g/mol. The second kappa shape index (κ2) is 9.04. The van der Waals surface area contributed by atoms with Crippen molar-refractivity contribution < 1.29 is 14.3 Å². The zero-order valence-electron chi connectivity index (χ0n) is 15.8. The number of rotatable bonds is 7. The Morgan fingerprint density at radius 1 is 0.962 bits per heavy atom. The molecule has 2 aromatic rings. The Kier molecular flexibility index (Phi) is 6.78. The molecule has 2 rings (SSSR count). The van der Waals surface area contributed by atoms with Crippen molar-refractivity contribution >= 4 is 23.3 Å². The first-order valence-electron chi connectivity index (χ1n) is 8.85. The molecule has 0 aliphatic heterocycles. The van der Waals surface area contributed by atoms with E-state index in [0.29, 0.717) is 24.3 Å². The van der Waals surface area contributed by atoms with Crippen LogP contribution in [-0.4, -0.2) is 36.5 Å². The lowest BCUT2D eigenvalue weighted by Crippen LogP contribution is -2.34. The predicted octanol–water partition coefficient (Wildman–Crippen LogP) is 4.07. The molecule has 5 heteroatoms. The van der Waals surface area contributed by atoms with Crippen LogP contribution < -0.4 is 5.32 Å². The largest absolute Gasteiger partial charge is 0.452 e. The molecule has 0 bridgehead atoms. The van der Waals surface area contributed by atoms with Crippen molar-refractivity contribution in [2.45, 2.75) is 27.7 Å². The number of hydrogen-bond donors (Lipinski definition) is 1. The molecule has 0 atom stereocenters. The number of carbonyl (C=O) groups is 2. The van der Waals surface area contributed by atoms with Crippen molar-refractivity contribution in [3.8, 4) is 0 Å². The van der Waals surface area contributed by atoms with Crippen LogP contribution >= 0.6 is 0 Å². The van der Waals surface area contributed by atoms with Gasteiger partial charge >= 0.3 is 5.97 Å². The van der Waals surface area contributed by atoms with Crippen molar-refractivity contribution in [3.63, 3.8) is 0 Å². The van der Waals surface area contributed by atoms with Crippen LogP contribution in [0.1, 0.15) is 35.3 Å². The van der Waals surface area contributed by atoms with Crippen LogP contribution in [0.5, 0.6) is 0 Å². The number of ether oxygens (including phenoxy) is 1. The molecule has 0 unspecified atom stereocenters. The summed E-state index contributed by atoms with van der Waals surface area (Å²) in [5.74, 6) is -0.706. The molecular formula is C21H26N2O3. The Morgan fingerprint density at radius 3 is 2.31 bits per heavy atom. The molecule has 0 saturated heterocycles. The van der Waals surface area contributed by atoms with Gasteiger partial charge in [-0.15, -0.1) is 0 Å². The topological polar surface area (TPSA) is 58.6 Å². The number of esters is 1. The minimum atomic E-state index is -0.515. The summed E-state index contributed by atoms with van der Waals surface area (Å²) in [5.41, 5.74) is 4.28. The van der Waals surface area contributed by atoms with Crippen molar-refractivity contribution in [2.75, 3.05) is 25.0 Å². The Hall–Kier alpha value is -2.82. The highest BCUT2D eigenvalue weighted by Crippen LogP contribution is 2.25. The number of nitrogens with one attached hydrogen (secondary N) is 1. The highest BCUT2D eigenvalue weighted by Gasteiger charge is 2.17. The SMILES string of the molecule is CCN(CC)C(=O)COC(=O)c1ccccc1Nc1cccc(C)c1C. The number of nitrogens with zero attached hydrogens (tertiary/aromatic N) is 1. The van der Waals surface area contributed by atoms with Gasteiger partial charge in [0.25, 0.3) is 5.91 Å². The van der Waals surface area contributed by atoms with Crippen LogP contribution in [0.15, 0.2) is 42.5 Å². The maximum absolute atomic E-state index is 12.5. The smallest absolute Gasteiger partial charge is 0.340 e. The van der Waals surface area contributed by atoms with Gasteiger partial charge in [-0.05, 0) is 57.0 Å².